The van der Waals surface area contributed by atoms with Gasteiger partial charge in [0.05, 0.1) is 17.7 Å². The van der Waals surface area contributed by atoms with Crippen molar-refractivity contribution in [2.24, 2.45) is 0 Å². The van der Waals surface area contributed by atoms with Crippen LogP contribution in [0.25, 0.3) is 0 Å². The number of likely N-dealkylation sites (tertiary alicyclic amines) is 1. The highest BCUT2D eigenvalue weighted by molar-refractivity contribution is 6.24. The number of rotatable bonds is 8. The zero-order chi connectivity index (χ0) is 26.5. The van der Waals surface area contributed by atoms with Gasteiger partial charge in [0.1, 0.15) is 11.8 Å². The van der Waals surface area contributed by atoms with Gasteiger partial charge in [0.15, 0.2) is 6.61 Å². The number of imide groups is 2. The molecule has 3 heterocycles. The van der Waals surface area contributed by atoms with Crippen molar-refractivity contribution in [2.75, 3.05) is 26.3 Å². The topological polar surface area (TPSA) is 151 Å². The highest BCUT2D eigenvalue weighted by Gasteiger charge is 2.46. The standard InChI is InChI=1S/C25H30N4O8/c1-2-3-13-36-25(35)26-15-9-11-28(12-10-15)20(31)14-37-18-6-4-5-16-21(18)24(34)29(23(16)33)17-7-8-19(30)27-22(17)32/h4-6,15,17H,2-3,7-14H2,1H3,(H,26,35)(H,27,30,32). The number of nitrogens with one attached hydrogen (secondary N) is 2. The van der Waals surface area contributed by atoms with Gasteiger partial charge in [0.2, 0.25) is 11.8 Å². The average molecular weight is 515 g/mol. The van der Waals surface area contributed by atoms with Gasteiger partial charge in [-0.05, 0) is 37.8 Å². The molecule has 12 heteroatoms. The molecule has 1 atom stereocenters. The molecule has 0 radical (unpaired) electrons. The number of hydrogen-bond acceptors (Lipinski definition) is 8. The summed E-state index contributed by atoms with van der Waals surface area (Å²) in [5, 5.41) is 4.97. The molecule has 2 fully saturated rings. The average Bonchev–Trinajstić information content (AvgIpc) is 3.13. The summed E-state index contributed by atoms with van der Waals surface area (Å²) in [7, 11) is 0. The van der Waals surface area contributed by atoms with E-state index < -0.39 is 35.8 Å². The molecule has 6 amide bonds. The molecule has 12 nitrogen and oxygen atoms in total. The Morgan fingerprint density at radius 2 is 1.84 bits per heavy atom. The van der Waals surface area contributed by atoms with E-state index in [1.165, 1.54) is 18.2 Å². The Morgan fingerprint density at radius 1 is 1.08 bits per heavy atom. The maximum absolute atomic E-state index is 13.1. The van der Waals surface area contributed by atoms with Crippen LogP contribution in [0.4, 0.5) is 4.79 Å². The molecule has 2 N–H and O–H groups in total. The number of amides is 6. The van der Waals surface area contributed by atoms with Crippen molar-refractivity contribution in [3.8, 4) is 5.75 Å². The smallest absolute Gasteiger partial charge is 0.407 e. The number of carbonyl (C=O) groups is 6. The monoisotopic (exact) mass is 514 g/mol. The number of ether oxygens (including phenoxy) is 2. The van der Waals surface area contributed by atoms with Gasteiger partial charge in [-0.2, -0.15) is 0 Å². The molecule has 1 aromatic carbocycles. The number of benzene rings is 1. The SMILES string of the molecule is CCCCOC(=O)NC1CCN(C(=O)COc2cccc3c2C(=O)N(C2CCC(=O)NC2=O)C3=O)CC1. The van der Waals surface area contributed by atoms with Crippen LogP contribution in [0.2, 0.25) is 0 Å². The molecule has 0 aliphatic carbocycles. The van der Waals surface area contributed by atoms with Crippen LogP contribution >= 0.6 is 0 Å². The van der Waals surface area contributed by atoms with Crippen LogP contribution in [0, 0.1) is 0 Å². The van der Waals surface area contributed by atoms with Gasteiger partial charge in [-0.1, -0.05) is 19.4 Å². The molecule has 0 bridgehead atoms. The fraction of sp³-hybridized carbons (Fsp3) is 0.520. The minimum Gasteiger partial charge on any atom is -0.483 e. The summed E-state index contributed by atoms with van der Waals surface area (Å²) in [5.41, 5.74) is 0.0758. The molecule has 3 aliphatic rings. The van der Waals surface area contributed by atoms with Crippen molar-refractivity contribution >= 4 is 35.6 Å². The molecule has 0 aromatic heterocycles. The Bertz CT molecular complexity index is 1110. The van der Waals surface area contributed by atoms with Crippen molar-refractivity contribution in [1.29, 1.82) is 0 Å². The van der Waals surface area contributed by atoms with E-state index in [9.17, 15) is 28.8 Å². The number of piperidine rings is 2. The highest BCUT2D eigenvalue weighted by Crippen LogP contribution is 2.33. The van der Waals surface area contributed by atoms with Crippen LogP contribution in [0.5, 0.6) is 5.75 Å². The predicted molar refractivity (Wildman–Crippen MR) is 128 cm³/mol. The maximum Gasteiger partial charge on any atom is 0.407 e. The van der Waals surface area contributed by atoms with Crippen molar-refractivity contribution in [3.05, 3.63) is 29.3 Å². The number of carbonyl (C=O) groups excluding carboxylic acids is 6. The largest absolute Gasteiger partial charge is 0.483 e. The highest BCUT2D eigenvalue weighted by atomic mass is 16.5. The van der Waals surface area contributed by atoms with Gasteiger partial charge in [-0.15, -0.1) is 0 Å². The van der Waals surface area contributed by atoms with Crippen LogP contribution in [0.1, 0.15) is 66.2 Å². The lowest BCUT2D eigenvalue weighted by atomic mass is 10.0. The summed E-state index contributed by atoms with van der Waals surface area (Å²) in [6.07, 6.45) is 2.50. The van der Waals surface area contributed by atoms with E-state index in [4.69, 9.17) is 9.47 Å². The molecule has 1 aromatic rings. The minimum atomic E-state index is -1.08. The van der Waals surface area contributed by atoms with Gasteiger partial charge >= 0.3 is 6.09 Å². The number of nitrogens with zero attached hydrogens (tertiary/aromatic N) is 2. The van der Waals surface area contributed by atoms with Crippen molar-refractivity contribution < 1.29 is 38.2 Å². The molecule has 0 spiro atoms. The Hall–Kier alpha value is -3.96. The first-order chi connectivity index (χ1) is 17.8. The second-order valence-corrected chi connectivity index (χ2v) is 9.20. The lowest BCUT2D eigenvalue weighted by molar-refractivity contribution is -0.136. The van der Waals surface area contributed by atoms with Crippen molar-refractivity contribution in [3.63, 3.8) is 0 Å². The Balaban J connectivity index is 1.32. The summed E-state index contributed by atoms with van der Waals surface area (Å²) >= 11 is 0. The second kappa shape index (κ2) is 11.4. The van der Waals surface area contributed by atoms with Gasteiger partial charge in [-0.3, -0.25) is 34.2 Å². The third-order valence-corrected chi connectivity index (χ3v) is 6.68. The summed E-state index contributed by atoms with van der Waals surface area (Å²) in [5.74, 6) is -2.71. The normalized spacial score (nSPS) is 20.0. The van der Waals surface area contributed by atoms with Gasteiger partial charge < -0.3 is 19.7 Å². The summed E-state index contributed by atoms with van der Waals surface area (Å²) < 4.78 is 10.8. The van der Waals surface area contributed by atoms with Crippen LogP contribution in [-0.4, -0.2) is 83.8 Å². The molecule has 198 valence electrons. The molecule has 37 heavy (non-hydrogen) atoms. The third kappa shape index (κ3) is 5.73. The molecule has 1 unspecified atom stereocenters. The number of fused-ring (bicyclic) bond motifs is 1. The number of hydrogen-bond donors (Lipinski definition) is 2. The van der Waals surface area contributed by atoms with Crippen LogP contribution in [0.15, 0.2) is 18.2 Å². The zero-order valence-corrected chi connectivity index (χ0v) is 20.6. The Labute approximate surface area is 213 Å². The Kier molecular flexibility index (Phi) is 8.04. The van der Waals surface area contributed by atoms with E-state index in [2.05, 4.69) is 10.6 Å². The molecule has 2 saturated heterocycles. The summed E-state index contributed by atoms with van der Waals surface area (Å²) in [6.45, 7) is 2.90. The first kappa shape index (κ1) is 26.1. The van der Waals surface area contributed by atoms with E-state index in [0.29, 0.717) is 32.5 Å². The van der Waals surface area contributed by atoms with E-state index >= 15 is 0 Å². The second-order valence-electron chi connectivity index (χ2n) is 9.20. The predicted octanol–water partition coefficient (Wildman–Crippen LogP) is 0.984. The fourth-order valence-corrected chi connectivity index (χ4v) is 4.63. The number of alkyl carbamates (subject to hydrolysis) is 1. The third-order valence-electron chi connectivity index (χ3n) is 6.68. The van der Waals surface area contributed by atoms with Gasteiger partial charge in [0, 0.05) is 25.6 Å². The lowest BCUT2D eigenvalue weighted by Gasteiger charge is -2.32. The first-order valence-corrected chi connectivity index (χ1v) is 12.5. The molecule has 4 rings (SSSR count). The first-order valence-electron chi connectivity index (χ1n) is 12.5. The fourth-order valence-electron chi connectivity index (χ4n) is 4.63. The maximum atomic E-state index is 13.1. The van der Waals surface area contributed by atoms with Crippen molar-refractivity contribution in [2.45, 2.75) is 57.5 Å². The minimum absolute atomic E-state index is 0.00510. The van der Waals surface area contributed by atoms with E-state index in [0.717, 1.165) is 17.7 Å². The van der Waals surface area contributed by atoms with E-state index in [1.54, 1.807) is 4.90 Å². The molecular formula is C25H30N4O8. The lowest BCUT2D eigenvalue weighted by Crippen LogP contribution is -2.54. The van der Waals surface area contributed by atoms with E-state index in [-0.39, 0.29) is 48.3 Å². The van der Waals surface area contributed by atoms with E-state index in [1.807, 2.05) is 6.92 Å². The number of unbranched alkanes of at least 4 members (excludes halogenated alkanes) is 1. The van der Waals surface area contributed by atoms with Crippen molar-refractivity contribution in [1.82, 2.24) is 20.4 Å². The molecular weight excluding hydrogens is 484 g/mol. The van der Waals surface area contributed by atoms with Crippen LogP contribution in [0.3, 0.4) is 0 Å². The quantitative estimate of drug-likeness (QED) is 0.385. The van der Waals surface area contributed by atoms with Crippen LogP contribution < -0.4 is 15.4 Å². The zero-order valence-electron chi connectivity index (χ0n) is 20.6. The molecule has 0 saturated carbocycles. The molecule has 3 aliphatic heterocycles. The summed E-state index contributed by atoms with van der Waals surface area (Å²) in [6, 6.07) is 3.32. The Morgan fingerprint density at radius 3 is 2.54 bits per heavy atom. The summed E-state index contributed by atoms with van der Waals surface area (Å²) in [4.78, 5) is 76.8. The van der Waals surface area contributed by atoms with Gasteiger partial charge in [0.25, 0.3) is 17.7 Å². The van der Waals surface area contributed by atoms with Gasteiger partial charge in [-0.25, -0.2) is 4.79 Å². The van der Waals surface area contributed by atoms with Crippen LogP contribution in [-0.2, 0) is 19.1 Å².